The van der Waals surface area contributed by atoms with E-state index in [2.05, 4.69) is 12.2 Å². The minimum absolute atomic E-state index is 0.100. The van der Waals surface area contributed by atoms with Gasteiger partial charge in [0.25, 0.3) is 0 Å². The summed E-state index contributed by atoms with van der Waals surface area (Å²) in [6.45, 7) is 5.40. The molecule has 0 bridgehead atoms. The second-order valence-electron chi connectivity index (χ2n) is 5.21. The van der Waals surface area contributed by atoms with Crippen molar-refractivity contribution in [1.82, 2.24) is 10.2 Å². The number of hydrogen-bond acceptors (Lipinski definition) is 3. The van der Waals surface area contributed by atoms with Crippen molar-refractivity contribution in [3.05, 3.63) is 23.7 Å². The third-order valence-electron chi connectivity index (χ3n) is 3.60. The first-order valence-electron chi connectivity index (χ1n) is 6.62. The third kappa shape index (κ3) is 2.75. The number of carbonyl (C=O) groups is 1. The summed E-state index contributed by atoms with van der Waals surface area (Å²) >= 11 is 0. The molecule has 2 rings (SSSR count). The lowest BCUT2D eigenvalue weighted by atomic mass is 9.91. The number of nitrogens with one attached hydrogen (secondary N) is 1. The fourth-order valence-electron chi connectivity index (χ4n) is 2.60. The van der Waals surface area contributed by atoms with Crippen molar-refractivity contribution < 1.29 is 9.21 Å². The number of amides is 1. The molecule has 4 heteroatoms. The second-order valence-corrected chi connectivity index (χ2v) is 5.21. The van der Waals surface area contributed by atoms with E-state index in [1.165, 1.54) is 0 Å². The minimum atomic E-state index is 0.100. The van der Waals surface area contributed by atoms with Crippen molar-refractivity contribution in [2.75, 3.05) is 20.1 Å². The van der Waals surface area contributed by atoms with Crippen LogP contribution >= 0.6 is 0 Å². The zero-order valence-electron chi connectivity index (χ0n) is 11.4. The van der Waals surface area contributed by atoms with Gasteiger partial charge >= 0.3 is 0 Å². The smallest absolute Gasteiger partial charge is 0.237 e. The number of piperidine rings is 1. The first kappa shape index (κ1) is 13.1. The van der Waals surface area contributed by atoms with Gasteiger partial charge in [0.15, 0.2) is 0 Å². The van der Waals surface area contributed by atoms with Crippen LogP contribution in [0.4, 0.5) is 0 Å². The normalized spacial score (nSPS) is 24.3. The summed E-state index contributed by atoms with van der Waals surface area (Å²) in [5.41, 5.74) is 0. The highest BCUT2D eigenvalue weighted by atomic mass is 16.3. The van der Waals surface area contributed by atoms with Gasteiger partial charge in [-0.05, 0) is 44.9 Å². The highest BCUT2D eigenvalue weighted by Gasteiger charge is 2.32. The molecule has 1 aromatic heterocycles. The highest BCUT2D eigenvalue weighted by molar-refractivity contribution is 5.78. The maximum Gasteiger partial charge on any atom is 0.237 e. The van der Waals surface area contributed by atoms with Crippen LogP contribution in [0.5, 0.6) is 0 Å². The molecule has 1 N–H and O–H groups in total. The van der Waals surface area contributed by atoms with Crippen molar-refractivity contribution in [2.24, 2.45) is 5.92 Å². The van der Waals surface area contributed by atoms with Gasteiger partial charge in [0, 0.05) is 6.54 Å². The number of rotatable bonds is 3. The second kappa shape index (κ2) is 5.57. The van der Waals surface area contributed by atoms with Gasteiger partial charge in [-0.2, -0.15) is 0 Å². The summed E-state index contributed by atoms with van der Waals surface area (Å²) in [6, 6.07) is 4.07. The molecule has 1 aliphatic rings. The standard InChI is InChI=1S/C14H22N2O2/c1-10-6-7-16(14(17)9-15-3)12(8-10)13-5-4-11(2)18-13/h4-5,10,12,15H,6-9H2,1-3H3. The van der Waals surface area contributed by atoms with Crippen LogP contribution in [0.25, 0.3) is 0 Å². The van der Waals surface area contributed by atoms with E-state index in [0.29, 0.717) is 12.5 Å². The average molecular weight is 250 g/mol. The molecular formula is C14H22N2O2. The number of carbonyl (C=O) groups excluding carboxylic acids is 1. The van der Waals surface area contributed by atoms with Crippen molar-refractivity contribution in [1.29, 1.82) is 0 Å². The number of hydrogen-bond donors (Lipinski definition) is 1. The molecule has 2 atom stereocenters. The van der Waals surface area contributed by atoms with E-state index in [9.17, 15) is 4.79 Å². The van der Waals surface area contributed by atoms with Crippen LogP contribution in [0.3, 0.4) is 0 Å². The quantitative estimate of drug-likeness (QED) is 0.893. The van der Waals surface area contributed by atoms with Crippen LogP contribution in [0.15, 0.2) is 16.5 Å². The first-order valence-corrected chi connectivity index (χ1v) is 6.62. The fourth-order valence-corrected chi connectivity index (χ4v) is 2.60. The highest BCUT2D eigenvalue weighted by Crippen LogP contribution is 2.34. The van der Waals surface area contributed by atoms with Gasteiger partial charge in [0.2, 0.25) is 5.91 Å². The van der Waals surface area contributed by atoms with E-state index in [4.69, 9.17) is 4.42 Å². The topological polar surface area (TPSA) is 45.5 Å². The molecular weight excluding hydrogens is 228 g/mol. The van der Waals surface area contributed by atoms with Crippen LogP contribution < -0.4 is 5.32 Å². The number of likely N-dealkylation sites (N-methyl/N-ethyl adjacent to an activating group) is 1. The van der Waals surface area contributed by atoms with Crippen LogP contribution in [-0.4, -0.2) is 30.9 Å². The molecule has 1 aliphatic heterocycles. The molecule has 0 spiro atoms. The van der Waals surface area contributed by atoms with E-state index in [0.717, 1.165) is 30.9 Å². The van der Waals surface area contributed by atoms with E-state index >= 15 is 0 Å². The zero-order valence-corrected chi connectivity index (χ0v) is 11.4. The summed E-state index contributed by atoms with van der Waals surface area (Å²) in [5.74, 6) is 2.62. The molecule has 4 nitrogen and oxygen atoms in total. The molecule has 1 aromatic rings. The predicted octanol–water partition coefficient (Wildman–Crippen LogP) is 2.11. The Labute approximate surface area is 108 Å². The van der Waals surface area contributed by atoms with Gasteiger partial charge in [-0.15, -0.1) is 0 Å². The molecule has 1 fully saturated rings. The summed E-state index contributed by atoms with van der Waals surface area (Å²) in [5, 5.41) is 2.93. The first-order chi connectivity index (χ1) is 8.61. The Balaban J connectivity index is 2.18. The number of nitrogens with zero attached hydrogens (tertiary/aromatic N) is 1. The van der Waals surface area contributed by atoms with Gasteiger partial charge in [-0.25, -0.2) is 0 Å². The van der Waals surface area contributed by atoms with E-state index in [1.807, 2.05) is 24.0 Å². The molecule has 18 heavy (non-hydrogen) atoms. The average Bonchev–Trinajstić information content (AvgIpc) is 2.76. The summed E-state index contributed by atoms with van der Waals surface area (Å²) in [7, 11) is 1.80. The summed E-state index contributed by atoms with van der Waals surface area (Å²) in [4.78, 5) is 14.1. The summed E-state index contributed by atoms with van der Waals surface area (Å²) < 4.78 is 5.72. The Morgan fingerprint density at radius 1 is 1.56 bits per heavy atom. The van der Waals surface area contributed by atoms with Gasteiger partial charge < -0.3 is 14.6 Å². The molecule has 0 radical (unpaired) electrons. The van der Waals surface area contributed by atoms with Gasteiger partial charge in [0.1, 0.15) is 11.5 Å². The Hall–Kier alpha value is -1.29. The lowest BCUT2D eigenvalue weighted by Gasteiger charge is -2.37. The van der Waals surface area contributed by atoms with Crippen molar-refractivity contribution in [2.45, 2.75) is 32.7 Å². The van der Waals surface area contributed by atoms with Crippen molar-refractivity contribution >= 4 is 5.91 Å². The molecule has 100 valence electrons. The fraction of sp³-hybridized carbons (Fsp3) is 0.643. The van der Waals surface area contributed by atoms with E-state index < -0.39 is 0 Å². The van der Waals surface area contributed by atoms with Crippen molar-refractivity contribution in [3.63, 3.8) is 0 Å². The lowest BCUT2D eigenvalue weighted by Crippen LogP contribution is -2.43. The molecule has 0 saturated carbocycles. The minimum Gasteiger partial charge on any atom is -0.464 e. The van der Waals surface area contributed by atoms with Crippen LogP contribution in [0.2, 0.25) is 0 Å². The van der Waals surface area contributed by atoms with Gasteiger partial charge in [0.05, 0.1) is 12.6 Å². The molecule has 1 amide bonds. The van der Waals surface area contributed by atoms with Gasteiger partial charge in [-0.1, -0.05) is 6.92 Å². The SMILES string of the molecule is CNCC(=O)N1CCC(C)CC1c1ccc(C)o1. The molecule has 1 saturated heterocycles. The Kier molecular flexibility index (Phi) is 4.07. The molecule has 2 heterocycles. The predicted molar refractivity (Wildman–Crippen MR) is 70.2 cm³/mol. The lowest BCUT2D eigenvalue weighted by molar-refractivity contribution is -0.135. The third-order valence-corrected chi connectivity index (χ3v) is 3.60. The van der Waals surface area contributed by atoms with E-state index in [-0.39, 0.29) is 11.9 Å². The Morgan fingerprint density at radius 3 is 2.94 bits per heavy atom. The molecule has 2 unspecified atom stereocenters. The van der Waals surface area contributed by atoms with E-state index in [1.54, 1.807) is 7.05 Å². The van der Waals surface area contributed by atoms with Crippen LogP contribution in [0, 0.1) is 12.8 Å². The summed E-state index contributed by atoms with van der Waals surface area (Å²) in [6.07, 6.45) is 2.06. The van der Waals surface area contributed by atoms with Gasteiger partial charge in [-0.3, -0.25) is 4.79 Å². The van der Waals surface area contributed by atoms with Crippen molar-refractivity contribution in [3.8, 4) is 0 Å². The maximum atomic E-state index is 12.1. The van der Waals surface area contributed by atoms with Crippen LogP contribution in [-0.2, 0) is 4.79 Å². The van der Waals surface area contributed by atoms with Crippen LogP contribution in [0.1, 0.15) is 37.3 Å². The number of furan rings is 1. The molecule has 0 aromatic carbocycles. The largest absolute Gasteiger partial charge is 0.464 e. The number of aryl methyl sites for hydroxylation is 1. The molecule has 0 aliphatic carbocycles. The Bertz CT molecular complexity index is 414. The zero-order chi connectivity index (χ0) is 13.1. The Morgan fingerprint density at radius 2 is 2.33 bits per heavy atom. The monoisotopic (exact) mass is 250 g/mol. The maximum absolute atomic E-state index is 12.1. The number of likely N-dealkylation sites (tertiary alicyclic amines) is 1.